The van der Waals surface area contributed by atoms with Crippen LogP contribution in [0, 0.1) is 5.82 Å². The van der Waals surface area contributed by atoms with Gasteiger partial charge in [0, 0.05) is 6.07 Å². The number of anilines is 1. The molecule has 17 heavy (non-hydrogen) atoms. The summed E-state index contributed by atoms with van der Waals surface area (Å²) >= 11 is 5.56. The number of rotatable bonds is 2. The van der Waals surface area contributed by atoms with Crippen LogP contribution in [0.15, 0.2) is 35.3 Å². The molecule has 0 bridgehead atoms. The minimum atomic E-state index is -0.521. The molecule has 0 aliphatic carbocycles. The molecule has 0 amide bonds. The summed E-state index contributed by atoms with van der Waals surface area (Å²) in [6.45, 7) is 0.174. The van der Waals surface area contributed by atoms with Crippen LogP contribution in [0.4, 0.5) is 10.1 Å². The van der Waals surface area contributed by atoms with Crippen molar-refractivity contribution >= 4 is 17.3 Å². The number of nitrogens with zero attached hydrogens (tertiary/aromatic N) is 2. The standard InChI is InChI=1S/C11H9ClFN3O/c12-9-2-1-7(3-10(9)13)6-16-11(17)4-8(14)5-15-16/h1-5H,6,14H2. The largest absolute Gasteiger partial charge is 0.397 e. The summed E-state index contributed by atoms with van der Waals surface area (Å²) in [5.74, 6) is -0.521. The summed E-state index contributed by atoms with van der Waals surface area (Å²) in [5.41, 5.74) is 5.98. The summed E-state index contributed by atoms with van der Waals surface area (Å²) in [7, 11) is 0. The van der Waals surface area contributed by atoms with Gasteiger partial charge in [-0.1, -0.05) is 17.7 Å². The van der Waals surface area contributed by atoms with E-state index in [1.54, 1.807) is 6.07 Å². The fourth-order valence-electron chi connectivity index (χ4n) is 1.38. The maximum atomic E-state index is 13.2. The molecule has 2 aromatic rings. The molecule has 0 saturated heterocycles. The minimum Gasteiger partial charge on any atom is -0.397 e. The second-order valence-electron chi connectivity index (χ2n) is 3.53. The first-order valence-electron chi connectivity index (χ1n) is 4.83. The average molecular weight is 254 g/mol. The number of benzene rings is 1. The second-order valence-corrected chi connectivity index (χ2v) is 3.94. The number of hydrogen-bond donors (Lipinski definition) is 1. The Balaban J connectivity index is 2.31. The van der Waals surface area contributed by atoms with E-state index in [0.717, 1.165) is 0 Å². The van der Waals surface area contributed by atoms with E-state index in [1.165, 1.54) is 29.1 Å². The topological polar surface area (TPSA) is 60.9 Å². The Hall–Kier alpha value is -1.88. The summed E-state index contributed by atoms with van der Waals surface area (Å²) in [5, 5.41) is 3.90. The fourth-order valence-corrected chi connectivity index (χ4v) is 1.49. The first-order chi connectivity index (χ1) is 8.06. The maximum Gasteiger partial charge on any atom is 0.269 e. The molecule has 0 saturated carbocycles. The van der Waals surface area contributed by atoms with Crippen molar-refractivity contribution in [2.75, 3.05) is 5.73 Å². The van der Waals surface area contributed by atoms with Crippen molar-refractivity contribution in [2.24, 2.45) is 0 Å². The lowest BCUT2D eigenvalue weighted by atomic mass is 10.2. The van der Waals surface area contributed by atoms with Crippen LogP contribution in [-0.4, -0.2) is 9.78 Å². The molecule has 4 nitrogen and oxygen atoms in total. The summed E-state index contributed by atoms with van der Waals surface area (Å²) in [6, 6.07) is 5.61. The summed E-state index contributed by atoms with van der Waals surface area (Å²) in [4.78, 5) is 11.5. The number of aromatic nitrogens is 2. The van der Waals surface area contributed by atoms with E-state index in [-0.39, 0.29) is 17.1 Å². The van der Waals surface area contributed by atoms with E-state index < -0.39 is 5.82 Å². The van der Waals surface area contributed by atoms with Gasteiger partial charge in [0.25, 0.3) is 5.56 Å². The molecule has 0 fully saturated rings. The molecule has 2 rings (SSSR count). The molecule has 6 heteroatoms. The van der Waals surface area contributed by atoms with Crippen molar-refractivity contribution < 1.29 is 4.39 Å². The van der Waals surface area contributed by atoms with Gasteiger partial charge in [0.15, 0.2) is 0 Å². The van der Waals surface area contributed by atoms with Crippen LogP contribution in [0.2, 0.25) is 5.02 Å². The van der Waals surface area contributed by atoms with Crippen molar-refractivity contribution in [3.8, 4) is 0 Å². The molecule has 1 heterocycles. The van der Waals surface area contributed by atoms with Gasteiger partial charge in [-0.3, -0.25) is 4.79 Å². The molecule has 0 unspecified atom stereocenters. The van der Waals surface area contributed by atoms with Crippen LogP contribution in [0.25, 0.3) is 0 Å². The molecule has 2 N–H and O–H groups in total. The van der Waals surface area contributed by atoms with Gasteiger partial charge in [0.1, 0.15) is 5.82 Å². The zero-order valence-electron chi connectivity index (χ0n) is 8.73. The number of halogens is 2. The van der Waals surface area contributed by atoms with Crippen molar-refractivity contribution in [1.82, 2.24) is 9.78 Å². The van der Waals surface area contributed by atoms with Gasteiger partial charge in [-0.25, -0.2) is 9.07 Å². The minimum absolute atomic E-state index is 0.0476. The quantitative estimate of drug-likeness (QED) is 0.886. The molecule has 0 aliphatic rings. The van der Waals surface area contributed by atoms with Crippen molar-refractivity contribution in [1.29, 1.82) is 0 Å². The van der Waals surface area contributed by atoms with Crippen LogP contribution in [0.5, 0.6) is 0 Å². The van der Waals surface area contributed by atoms with Crippen molar-refractivity contribution in [3.05, 3.63) is 57.2 Å². The van der Waals surface area contributed by atoms with Gasteiger partial charge >= 0.3 is 0 Å². The number of nitrogens with two attached hydrogens (primary N) is 1. The summed E-state index contributed by atoms with van der Waals surface area (Å²) in [6.07, 6.45) is 1.37. The van der Waals surface area contributed by atoms with E-state index >= 15 is 0 Å². The molecule has 1 aromatic carbocycles. The Labute approximate surface area is 101 Å². The second kappa shape index (κ2) is 4.55. The molecule has 88 valence electrons. The highest BCUT2D eigenvalue weighted by Crippen LogP contribution is 2.15. The van der Waals surface area contributed by atoms with E-state index in [4.69, 9.17) is 17.3 Å². The SMILES string of the molecule is Nc1cnn(Cc2ccc(Cl)c(F)c2)c(=O)c1. The highest BCUT2D eigenvalue weighted by atomic mass is 35.5. The van der Waals surface area contributed by atoms with Gasteiger partial charge in [0.05, 0.1) is 23.5 Å². The molecule has 0 aliphatic heterocycles. The van der Waals surface area contributed by atoms with Gasteiger partial charge in [-0.15, -0.1) is 0 Å². The first kappa shape index (κ1) is 11.6. The van der Waals surface area contributed by atoms with Crippen LogP contribution in [-0.2, 0) is 6.54 Å². The summed E-state index contributed by atoms with van der Waals surface area (Å²) < 4.78 is 14.4. The van der Waals surface area contributed by atoms with E-state index in [1.807, 2.05) is 0 Å². The third-order valence-electron chi connectivity index (χ3n) is 2.21. The van der Waals surface area contributed by atoms with Gasteiger partial charge < -0.3 is 5.73 Å². The highest BCUT2D eigenvalue weighted by Gasteiger charge is 2.03. The van der Waals surface area contributed by atoms with Crippen LogP contribution in [0.3, 0.4) is 0 Å². The Morgan fingerprint density at radius 1 is 1.41 bits per heavy atom. The third kappa shape index (κ3) is 2.62. The predicted octanol–water partition coefficient (Wildman–Crippen LogP) is 1.67. The normalized spacial score (nSPS) is 10.5. The monoisotopic (exact) mass is 253 g/mol. The van der Waals surface area contributed by atoms with Crippen molar-refractivity contribution in [3.63, 3.8) is 0 Å². The number of nitrogen functional groups attached to an aromatic ring is 1. The average Bonchev–Trinajstić information content (AvgIpc) is 2.27. The van der Waals surface area contributed by atoms with Gasteiger partial charge in [-0.05, 0) is 17.7 Å². The fraction of sp³-hybridized carbons (Fsp3) is 0.0909. The number of hydrogen-bond acceptors (Lipinski definition) is 3. The lowest BCUT2D eigenvalue weighted by Gasteiger charge is -2.05. The zero-order valence-corrected chi connectivity index (χ0v) is 9.49. The molecule has 0 radical (unpaired) electrons. The third-order valence-corrected chi connectivity index (χ3v) is 2.51. The van der Waals surface area contributed by atoms with E-state index in [2.05, 4.69) is 5.10 Å². The first-order valence-corrected chi connectivity index (χ1v) is 5.20. The van der Waals surface area contributed by atoms with Gasteiger partial charge in [-0.2, -0.15) is 5.10 Å². The predicted molar refractivity (Wildman–Crippen MR) is 63.4 cm³/mol. The Kier molecular flexibility index (Phi) is 3.10. The lowest BCUT2D eigenvalue weighted by Crippen LogP contribution is -2.22. The maximum absolute atomic E-state index is 13.2. The molecular weight excluding hydrogens is 245 g/mol. The Morgan fingerprint density at radius 2 is 2.18 bits per heavy atom. The highest BCUT2D eigenvalue weighted by molar-refractivity contribution is 6.30. The zero-order chi connectivity index (χ0) is 12.4. The van der Waals surface area contributed by atoms with E-state index in [0.29, 0.717) is 11.3 Å². The Bertz CT molecular complexity index is 612. The van der Waals surface area contributed by atoms with E-state index in [9.17, 15) is 9.18 Å². The van der Waals surface area contributed by atoms with Crippen molar-refractivity contribution in [2.45, 2.75) is 6.54 Å². The molecule has 0 spiro atoms. The Morgan fingerprint density at radius 3 is 2.82 bits per heavy atom. The lowest BCUT2D eigenvalue weighted by molar-refractivity contribution is 0.611. The van der Waals surface area contributed by atoms with Crippen LogP contribution in [0.1, 0.15) is 5.56 Å². The molecular formula is C11H9ClFN3O. The van der Waals surface area contributed by atoms with Crippen LogP contribution >= 0.6 is 11.6 Å². The van der Waals surface area contributed by atoms with Crippen LogP contribution < -0.4 is 11.3 Å². The smallest absolute Gasteiger partial charge is 0.269 e. The van der Waals surface area contributed by atoms with Gasteiger partial charge in [0.2, 0.25) is 0 Å². The molecule has 1 aromatic heterocycles. The molecule has 0 atom stereocenters.